The van der Waals surface area contributed by atoms with E-state index in [2.05, 4.69) is 5.32 Å². The van der Waals surface area contributed by atoms with Crippen LogP contribution in [0.1, 0.15) is 22.3 Å². The van der Waals surface area contributed by atoms with E-state index in [4.69, 9.17) is 10.00 Å². The van der Waals surface area contributed by atoms with Gasteiger partial charge in [0.25, 0.3) is 5.91 Å². The Bertz CT molecular complexity index is 831. The molecule has 0 bridgehead atoms. The Hall–Kier alpha value is -3.39. The quantitative estimate of drug-likeness (QED) is 0.522. The molecule has 0 unspecified atom stereocenters. The molecule has 2 aromatic rings. The normalized spacial score (nSPS) is 10.6. The molecule has 0 aliphatic carbocycles. The number of rotatable bonds is 5. The molecule has 1 N–H and O–H groups in total. The second kappa shape index (κ2) is 7.75. The van der Waals surface area contributed by atoms with Crippen LogP contribution in [-0.2, 0) is 9.59 Å². The summed E-state index contributed by atoms with van der Waals surface area (Å²) in [5.74, 6) is -0.0730. The van der Waals surface area contributed by atoms with Gasteiger partial charge in [-0.2, -0.15) is 5.26 Å². The van der Waals surface area contributed by atoms with Gasteiger partial charge in [-0.15, -0.1) is 0 Å². The van der Waals surface area contributed by atoms with Crippen molar-refractivity contribution >= 4 is 17.9 Å². The Morgan fingerprint density at radius 1 is 1.12 bits per heavy atom. The lowest BCUT2D eigenvalue weighted by Crippen LogP contribution is -2.22. The Kier molecular flexibility index (Phi) is 5.48. The summed E-state index contributed by atoms with van der Waals surface area (Å²) in [4.78, 5) is 22.7. The van der Waals surface area contributed by atoms with E-state index >= 15 is 0 Å². The highest BCUT2D eigenvalue weighted by Crippen LogP contribution is 2.20. The molecule has 2 aromatic carbocycles. The zero-order chi connectivity index (χ0) is 17.5. The van der Waals surface area contributed by atoms with Gasteiger partial charge in [-0.25, -0.2) is 0 Å². The molecule has 2 rings (SSSR count). The van der Waals surface area contributed by atoms with E-state index in [0.29, 0.717) is 23.3 Å². The smallest absolute Gasteiger partial charge is 0.261 e. The van der Waals surface area contributed by atoms with E-state index in [1.54, 1.807) is 30.3 Å². The topological polar surface area (TPSA) is 79.2 Å². The van der Waals surface area contributed by atoms with Crippen molar-refractivity contribution in [1.29, 1.82) is 5.26 Å². The number of carbonyl (C=O) groups excluding carboxylic acids is 2. The van der Waals surface area contributed by atoms with Crippen LogP contribution >= 0.6 is 0 Å². The minimum absolute atomic E-state index is 0.231. The lowest BCUT2D eigenvalue weighted by molar-refractivity contribution is -0.121. The number of hydrogen-bond acceptors (Lipinski definition) is 4. The fraction of sp³-hybridized carbons (Fsp3) is 0.105. The van der Waals surface area contributed by atoms with Crippen molar-refractivity contribution in [3.8, 4) is 11.8 Å². The molecule has 0 fully saturated rings. The number of imide groups is 1. The third kappa shape index (κ3) is 4.08. The predicted molar refractivity (Wildman–Crippen MR) is 89.9 cm³/mol. The van der Waals surface area contributed by atoms with Gasteiger partial charge in [0.2, 0.25) is 6.41 Å². The van der Waals surface area contributed by atoms with Crippen LogP contribution in [0.15, 0.2) is 48.7 Å². The molecule has 5 nitrogen and oxygen atoms in total. The minimum atomic E-state index is -0.554. The Balaban J connectivity index is 2.34. The molecule has 2 amide bonds. The van der Waals surface area contributed by atoms with Crippen molar-refractivity contribution in [1.82, 2.24) is 5.32 Å². The van der Waals surface area contributed by atoms with Crippen LogP contribution in [0, 0.1) is 25.2 Å². The number of benzene rings is 2. The summed E-state index contributed by atoms with van der Waals surface area (Å²) in [6.07, 6.45) is 1.63. The van der Waals surface area contributed by atoms with Crippen LogP contribution < -0.4 is 10.1 Å². The standard InChI is InChI=1S/C19H16N2O3/c1-13-3-6-16(9-14(13)2)18(19(23)21-12-22)11-24-17-7-4-15(10-20)5-8-17/h3-9,11-12H,1-2H3,(H,21,22,23)/b18-11-. The predicted octanol–water partition coefficient (Wildman–Crippen LogP) is 2.87. The van der Waals surface area contributed by atoms with Crippen LogP contribution in [0.2, 0.25) is 0 Å². The second-order valence-corrected chi connectivity index (χ2v) is 5.18. The number of hydrogen-bond donors (Lipinski definition) is 1. The molecule has 0 aliphatic rings. The van der Waals surface area contributed by atoms with Crippen molar-refractivity contribution < 1.29 is 14.3 Å². The highest BCUT2D eigenvalue weighted by Gasteiger charge is 2.13. The van der Waals surface area contributed by atoms with Gasteiger partial charge >= 0.3 is 0 Å². The number of nitrogens with zero attached hydrogens (tertiary/aromatic N) is 1. The average Bonchev–Trinajstić information content (AvgIpc) is 2.59. The molecule has 0 aliphatic heterocycles. The molecular weight excluding hydrogens is 304 g/mol. The molecule has 0 atom stereocenters. The summed E-state index contributed by atoms with van der Waals surface area (Å²) in [6, 6.07) is 14.1. The molecule has 120 valence electrons. The molecule has 0 aromatic heterocycles. The van der Waals surface area contributed by atoms with Crippen molar-refractivity contribution in [2.24, 2.45) is 0 Å². The third-order valence-corrected chi connectivity index (χ3v) is 3.55. The summed E-state index contributed by atoms with van der Waals surface area (Å²) < 4.78 is 5.51. The highest BCUT2D eigenvalue weighted by atomic mass is 16.5. The van der Waals surface area contributed by atoms with E-state index in [9.17, 15) is 9.59 Å². The molecule has 0 saturated heterocycles. The largest absolute Gasteiger partial charge is 0.464 e. The second-order valence-electron chi connectivity index (χ2n) is 5.18. The molecule has 5 heteroatoms. The van der Waals surface area contributed by atoms with E-state index in [1.165, 1.54) is 6.26 Å². The molecular formula is C19H16N2O3. The van der Waals surface area contributed by atoms with Crippen LogP contribution in [0.25, 0.3) is 5.57 Å². The molecule has 0 heterocycles. The molecule has 0 radical (unpaired) electrons. The van der Waals surface area contributed by atoms with Gasteiger partial charge in [0.1, 0.15) is 12.0 Å². The van der Waals surface area contributed by atoms with Crippen molar-refractivity contribution in [2.75, 3.05) is 0 Å². The summed E-state index contributed by atoms with van der Waals surface area (Å²) in [5.41, 5.74) is 3.51. The van der Waals surface area contributed by atoms with Crippen LogP contribution in [0.5, 0.6) is 5.75 Å². The van der Waals surface area contributed by atoms with Gasteiger partial charge in [-0.05, 0) is 54.8 Å². The monoisotopic (exact) mass is 320 g/mol. The summed E-state index contributed by atoms with van der Waals surface area (Å²) >= 11 is 0. The van der Waals surface area contributed by atoms with Crippen LogP contribution in [0.3, 0.4) is 0 Å². The summed E-state index contributed by atoms with van der Waals surface area (Å²) in [5, 5.41) is 10.9. The van der Waals surface area contributed by atoms with Gasteiger partial charge in [-0.1, -0.05) is 18.2 Å². The number of aryl methyl sites for hydroxylation is 2. The lowest BCUT2D eigenvalue weighted by Gasteiger charge is -2.09. The number of nitriles is 1. The first-order valence-electron chi connectivity index (χ1n) is 7.24. The van der Waals surface area contributed by atoms with E-state index in [0.717, 1.165) is 11.1 Å². The highest BCUT2D eigenvalue weighted by molar-refractivity contribution is 6.21. The van der Waals surface area contributed by atoms with Crippen LogP contribution in [0.4, 0.5) is 0 Å². The zero-order valence-corrected chi connectivity index (χ0v) is 13.4. The Morgan fingerprint density at radius 3 is 2.42 bits per heavy atom. The zero-order valence-electron chi connectivity index (χ0n) is 13.4. The molecule has 0 spiro atoms. The summed E-state index contributed by atoms with van der Waals surface area (Å²) in [7, 11) is 0. The lowest BCUT2D eigenvalue weighted by atomic mass is 10.0. The minimum Gasteiger partial charge on any atom is -0.464 e. The SMILES string of the molecule is Cc1ccc(/C(=C/Oc2ccc(C#N)cc2)C(=O)NC=O)cc1C. The van der Waals surface area contributed by atoms with Crippen LogP contribution in [-0.4, -0.2) is 12.3 Å². The molecule has 24 heavy (non-hydrogen) atoms. The van der Waals surface area contributed by atoms with E-state index < -0.39 is 5.91 Å². The average molecular weight is 320 g/mol. The Labute approximate surface area is 140 Å². The third-order valence-electron chi connectivity index (χ3n) is 3.55. The number of carbonyl (C=O) groups is 2. The van der Waals surface area contributed by atoms with Gasteiger partial charge in [0, 0.05) is 0 Å². The van der Waals surface area contributed by atoms with Crippen molar-refractivity contribution in [3.05, 3.63) is 71.0 Å². The van der Waals surface area contributed by atoms with Crippen molar-refractivity contribution in [3.63, 3.8) is 0 Å². The first-order chi connectivity index (χ1) is 11.5. The van der Waals surface area contributed by atoms with Gasteiger partial charge in [0.15, 0.2) is 0 Å². The van der Waals surface area contributed by atoms with E-state index in [-0.39, 0.29) is 5.57 Å². The maximum absolute atomic E-state index is 12.1. The van der Waals surface area contributed by atoms with E-state index in [1.807, 2.05) is 32.0 Å². The Morgan fingerprint density at radius 2 is 1.83 bits per heavy atom. The number of ether oxygens (including phenoxy) is 1. The first kappa shape index (κ1) is 17.0. The fourth-order valence-electron chi connectivity index (χ4n) is 2.03. The maximum Gasteiger partial charge on any atom is 0.261 e. The van der Waals surface area contributed by atoms with Gasteiger partial charge in [0.05, 0.1) is 17.2 Å². The first-order valence-corrected chi connectivity index (χ1v) is 7.24. The number of nitrogens with one attached hydrogen (secondary N) is 1. The fourth-order valence-corrected chi connectivity index (χ4v) is 2.03. The molecule has 0 saturated carbocycles. The number of amides is 2. The summed E-state index contributed by atoms with van der Waals surface area (Å²) in [6.45, 7) is 3.91. The van der Waals surface area contributed by atoms with Crippen molar-refractivity contribution in [2.45, 2.75) is 13.8 Å². The maximum atomic E-state index is 12.1. The van der Waals surface area contributed by atoms with Gasteiger partial charge in [-0.3, -0.25) is 14.9 Å². The van der Waals surface area contributed by atoms with Gasteiger partial charge < -0.3 is 4.74 Å².